The molecule has 0 aromatic carbocycles. The zero-order chi connectivity index (χ0) is 15.6. The summed E-state index contributed by atoms with van der Waals surface area (Å²) in [5.74, 6) is -0.246. The number of carboxylic acid groups (broad SMARTS) is 1. The van der Waals surface area contributed by atoms with Gasteiger partial charge in [-0.15, -0.1) is 0 Å². The Hall–Kier alpha value is -1.62. The minimum atomic E-state index is -0.887. The van der Waals surface area contributed by atoms with E-state index in [4.69, 9.17) is 0 Å². The molecule has 1 aliphatic rings. The van der Waals surface area contributed by atoms with Gasteiger partial charge in [0.25, 0.3) is 0 Å². The topological polar surface area (TPSA) is 56.7 Å². The fourth-order valence-corrected chi connectivity index (χ4v) is 3.16. The van der Waals surface area contributed by atoms with Gasteiger partial charge < -0.3 is 14.9 Å². The summed E-state index contributed by atoms with van der Waals surface area (Å²) in [4.78, 5) is 20.8. The summed E-state index contributed by atoms with van der Waals surface area (Å²) in [7, 11) is 2.12. The Morgan fingerprint density at radius 2 is 2.14 bits per heavy atom. The number of rotatable bonds is 3. The SMILES string of the molecule is CCC1CN(C)CCCN1c1nc(C)cc(C)c1C(=O)O. The standard InChI is InChI=1S/C16H25N3O2/c1-5-13-10-18(4)7-6-8-19(13)15-14(16(20)21)11(2)9-12(3)17-15/h9,13H,5-8,10H2,1-4H3,(H,20,21). The van der Waals surface area contributed by atoms with Gasteiger partial charge in [0.05, 0.1) is 0 Å². The van der Waals surface area contributed by atoms with Crippen molar-refractivity contribution in [2.24, 2.45) is 0 Å². The molecule has 5 heteroatoms. The third-order valence-electron chi connectivity index (χ3n) is 4.18. The van der Waals surface area contributed by atoms with Gasteiger partial charge in [0.15, 0.2) is 0 Å². The van der Waals surface area contributed by atoms with Gasteiger partial charge in [-0.2, -0.15) is 0 Å². The molecular formula is C16H25N3O2. The lowest BCUT2D eigenvalue weighted by Gasteiger charge is -2.32. The lowest BCUT2D eigenvalue weighted by atomic mass is 10.1. The van der Waals surface area contributed by atoms with Gasteiger partial charge in [-0.05, 0) is 51.9 Å². The summed E-state index contributed by atoms with van der Waals surface area (Å²) in [5, 5.41) is 9.57. The van der Waals surface area contributed by atoms with Gasteiger partial charge in [-0.1, -0.05) is 6.92 Å². The van der Waals surface area contributed by atoms with E-state index in [2.05, 4.69) is 28.8 Å². The van der Waals surface area contributed by atoms with Gasteiger partial charge in [0, 0.05) is 24.8 Å². The molecule has 0 amide bonds. The van der Waals surface area contributed by atoms with Crippen LogP contribution in [0.4, 0.5) is 5.82 Å². The van der Waals surface area contributed by atoms with E-state index in [-0.39, 0.29) is 0 Å². The lowest BCUT2D eigenvalue weighted by Crippen LogP contribution is -2.41. The summed E-state index contributed by atoms with van der Waals surface area (Å²) in [6.45, 7) is 8.78. The van der Waals surface area contributed by atoms with Crippen LogP contribution in [0, 0.1) is 13.8 Å². The van der Waals surface area contributed by atoms with Crippen LogP contribution in [0.15, 0.2) is 6.07 Å². The summed E-state index contributed by atoms with van der Waals surface area (Å²) < 4.78 is 0. The van der Waals surface area contributed by atoms with Crippen molar-refractivity contribution < 1.29 is 9.90 Å². The molecule has 2 rings (SSSR count). The first-order chi connectivity index (χ1) is 9.93. The van der Waals surface area contributed by atoms with E-state index in [1.165, 1.54) is 0 Å². The lowest BCUT2D eigenvalue weighted by molar-refractivity contribution is 0.0696. The average Bonchev–Trinajstić information content (AvgIpc) is 2.58. The molecule has 1 N–H and O–H groups in total. The molecule has 1 atom stereocenters. The van der Waals surface area contributed by atoms with E-state index in [1.807, 2.05) is 19.9 Å². The van der Waals surface area contributed by atoms with Crippen LogP contribution >= 0.6 is 0 Å². The molecule has 1 aromatic heterocycles. The monoisotopic (exact) mass is 291 g/mol. The van der Waals surface area contributed by atoms with Crippen molar-refractivity contribution in [1.82, 2.24) is 9.88 Å². The van der Waals surface area contributed by atoms with Crippen molar-refractivity contribution in [2.45, 2.75) is 39.7 Å². The number of carbonyl (C=O) groups is 1. The molecule has 1 aromatic rings. The quantitative estimate of drug-likeness (QED) is 0.926. The number of aromatic carboxylic acids is 1. The number of carboxylic acids is 1. The molecule has 2 heterocycles. The van der Waals surface area contributed by atoms with Crippen LogP contribution in [0.2, 0.25) is 0 Å². The number of anilines is 1. The van der Waals surface area contributed by atoms with Crippen molar-refractivity contribution >= 4 is 11.8 Å². The zero-order valence-corrected chi connectivity index (χ0v) is 13.4. The van der Waals surface area contributed by atoms with Crippen LogP contribution in [0.1, 0.15) is 41.4 Å². The van der Waals surface area contributed by atoms with Crippen molar-refractivity contribution in [2.75, 3.05) is 31.6 Å². The molecule has 0 radical (unpaired) electrons. The predicted molar refractivity (Wildman–Crippen MR) is 84.2 cm³/mol. The van der Waals surface area contributed by atoms with Gasteiger partial charge in [-0.25, -0.2) is 9.78 Å². The molecule has 1 saturated heterocycles. The van der Waals surface area contributed by atoms with Gasteiger partial charge in [0.1, 0.15) is 11.4 Å². The molecule has 0 bridgehead atoms. The predicted octanol–water partition coefficient (Wildman–Crippen LogP) is 2.32. The van der Waals surface area contributed by atoms with Crippen LogP contribution in [-0.2, 0) is 0 Å². The van der Waals surface area contributed by atoms with Gasteiger partial charge in [-0.3, -0.25) is 0 Å². The largest absolute Gasteiger partial charge is 0.478 e. The summed E-state index contributed by atoms with van der Waals surface area (Å²) in [5.41, 5.74) is 2.01. The first-order valence-corrected chi connectivity index (χ1v) is 7.60. The van der Waals surface area contributed by atoms with Crippen molar-refractivity contribution in [3.8, 4) is 0 Å². The van der Waals surface area contributed by atoms with Crippen molar-refractivity contribution in [1.29, 1.82) is 0 Å². The number of hydrogen-bond acceptors (Lipinski definition) is 4. The second-order valence-corrected chi connectivity index (χ2v) is 5.96. The average molecular weight is 291 g/mol. The maximum atomic E-state index is 11.7. The third kappa shape index (κ3) is 3.35. The van der Waals surface area contributed by atoms with Crippen LogP contribution in [0.5, 0.6) is 0 Å². The first-order valence-electron chi connectivity index (χ1n) is 7.60. The Balaban J connectivity index is 2.50. The highest BCUT2D eigenvalue weighted by molar-refractivity contribution is 5.95. The maximum absolute atomic E-state index is 11.7. The molecule has 1 fully saturated rings. The van der Waals surface area contributed by atoms with Crippen molar-refractivity contribution in [3.05, 3.63) is 22.9 Å². The fourth-order valence-electron chi connectivity index (χ4n) is 3.16. The maximum Gasteiger partial charge on any atom is 0.339 e. The minimum Gasteiger partial charge on any atom is -0.478 e. The molecule has 0 spiro atoms. The number of pyridine rings is 1. The van der Waals surface area contributed by atoms with Crippen molar-refractivity contribution in [3.63, 3.8) is 0 Å². The second-order valence-electron chi connectivity index (χ2n) is 5.96. The van der Waals surface area contributed by atoms with Gasteiger partial charge in [0.2, 0.25) is 0 Å². The molecule has 116 valence electrons. The summed E-state index contributed by atoms with van der Waals surface area (Å²) in [6.07, 6.45) is 2.01. The second kappa shape index (κ2) is 6.43. The van der Waals surface area contributed by atoms with Crippen LogP contribution in [-0.4, -0.2) is 53.7 Å². The Morgan fingerprint density at radius 3 is 2.76 bits per heavy atom. The molecule has 5 nitrogen and oxygen atoms in total. The molecular weight excluding hydrogens is 266 g/mol. The zero-order valence-electron chi connectivity index (χ0n) is 13.4. The van der Waals surface area contributed by atoms with E-state index in [0.717, 1.165) is 43.7 Å². The van der Waals surface area contributed by atoms with Crippen LogP contribution < -0.4 is 4.90 Å². The highest BCUT2D eigenvalue weighted by Crippen LogP contribution is 2.27. The Morgan fingerprint density at radius 1 is 1.43 bits per heavy atom. The molecule has 21 heavy (non-hydrogen) atoms. The highest BCUT2D eigenvalue weighted by Gasteiger charge is 2.28. The molecule has 1 unspecified atom stereocenters. The normalized spacial score (nSPS) is 20.4. The highest BCUT2D eigenvalue weighted by atomic mass is 16.4. The summed E-state index contributed by atoms with van der Waals surface area (Å²) >= 11 is 0. The molecule has 1 aliphatic heterocycles. The Kier molecular flexibility index (Phi) is 4.83. The number of nitrogens with zero attached hydrogens (tertiary/aromatic N) is 3. The smallest absolute Gasteiger partial charge is 0.339 e. The van der Waals surface area contributed by atoms with E-state index in [1.54, 1.807) is 0 Å². The minimum absolute atomic E-state index is 0.310. The third-order valence-corrected chi connectivity index (χ3v) is 4.18. The summed E-state index contributed by atoms with van der Waals surface area (Å²) in [6, 6.07) is 2.15. The van der Waals surface area contributed by atoms with E-state index >= 15 is 0 Å². The Bertz CT molecular complexity index is 530. The van der Waals surface area contributed by atoms with Gasteiger partial charge >= 0.3 is 5.97 Å². The van der Waals surface area contributed by atoms with E-state index < -0.39 is 5.97 Å². The first kappa shape index (κ1) is 15.8. The molecule has 0 saturated carbocycles. The van der Waals surface area contributed by atoms with Crippen LogP contribution in [0.25, 0.3) is 0 Å². The number of hydrogen-bond donors (Lipinski definition) is 1. The molecule has 0 aliphatic carbocycles. The fraction of sp³-hybridized carbons (Fsp3) is 0.625. The number of aromatic nitrogens is 1. The number of aryl methyl sites for hydroxylation is 2. The van der Waals surface area contributed by atoms with E-state index in [9.17, 15) is 9.90 Å². The van der Waals surface area contributed by atoms with E-state index in [0.29, 0.717) is 17.4 Å². The number of likely N-dealkylation sites (N-methyl/N-ethyl adjacent to an activating group) is 1. The van der Waals surface area contributed by atoms with Crippen LogP contribution in [0.3, 0.4) is 0 Å². The Labute approximate surface area is 126 Å².